The Hall–Kier alpha value is -3.87. The molecule has 1 aliphatic heterocycles. The zero-order valence-corrected chi connectivity index (χ0v) is 22.7. The molecule has 0 bridgehead atoms. The van der Waals surface area contributed by atoms with Gasteiger partial charge in [-0.2, -0.15) is 0 Å². The first-order chi connectivity index (χ1) is 18.7. The molecule has 0 unspecified atom stereocenters. The third-order valence-electron chi connectivity index (χ3n) is 7.51. The molecule has 3 heteroatoms. The van der Waals surface area contributed by atoms with Crippen LogP contribution < -0.4 is 26.0 Å². The lowest BCUT2D eigenvalue weighted by molar-refractivity contribution is 0.414. The summed E-state index contributed by atoms with van der Waals surface area (Å²) in [7, 11) is 0.990. The first-order valence-corrected chi connectivity index (χ1v) is 14.6. The number of ether oxygens (including phenoxy) is 1. The fourth-order valence-electron chi connectivity index (χ4n) is 5.54. The molecule has 2 atom stereocenters. The second kappa shape index (κ2) is 10.9. The molecule has 6 rings (SSSR count). The van der Waals surface area contributed by atoms with E-state index in [-0.39, 0.29) is 6.04 Å². The SMILES string of the molecule is COc1ccc([C@@H]2C[C@H](c3ccc(C)cc3)c3cccc(P(c4ccccc4)c4ccccc4)c3N2)cc1. The fourth-order valence-corrected chi connectivity index (χ4v) is 7.99. The molecule has 38 heavy (non-hydrogen) atoms. The van der Waals surface area contributed by atoms with Gasteiger partial charge in [0.2, 0.25) is 0 Å². The van der Waals surface area contributed by atoms with E-state index in [1.807, 2.05) is 0 Å². The lowest BCUT2D eigenvalue weighted by Gasteiger charge is -2.37. The molecule has 0 aliphatic carbocycles. The van der Waals surface area contributed by atoms with Crippen LogP contribution in [0.25, 0.3) is 0 Å². The molecule has 0 amide bonds. The molecule has 1 heterocycles. The lowest BCUT2D eigenvalue weighted by Crippen LogP contribution is -2.30. The minimum atomic E-state index is -0.732. The Morgan fingerprint density at radius 2 is 1.26 bits per heavy atom. The Balaban J connectivity index is 1.52. The van der Waals surface area contributed by atoms with Crippen molar-refractivity contribution in [1.29, 1.82) is 0 Å². The quantitative estimate of drug-likeness (QED) is 0.238. The minimum Gasteiger partial charge on any atom is -0.497 e. The predicted molar refractivity (Wildman–Crippen MR) is 162 cm³/mol. The van der Waals surface area contributed by atoms with Crippen molar-refractivity contribution in [2.24, 2.45) is 0 Å². The number of fused-ring (bicyclic) bond motifs is 1. The van der Waals surface area contributed by atoms with Crippen molar-refractivity contribution >= 4 is 29.5 Å². The second-order valence-corrected chi connectivity index (χ2v) is 12.1. The first-order valence-electron chi connectivity index (χ1n) is 13.2. The molecule has 2 nitrogen and oxygen atoms in total. The molecular formula is C35H32NOP. The van der Waals surface area contributed by atoms with E-state index in [0.717, 1.165) is 12.2 Å². The lowest BCUT2D eigenvalue weighted by atomic mass is 9.80. The molecule has 1 N–H and O–H groups in total. The molecule has 0 saturated heterocycles. The third-order valence-corrected chi connectivity index (χ3v) is 9.99. The van der Waals surface area contributed by atoms with Crippen LogP contribution in [0.2, 0.25) is 0 Å². The summed E-state index contributed by atoms with van der Waals surface area (Å²) < 4.78 is 5.45. The zero-order chi connectivity index (χ0) is 25.9. The second-order valence-electron chi connectivity index (χ2n) is 9.92. The number of methoxy groups -OCH3 is 1. The number of para-hydroxylation sites is 1. The van der Waals surface area contributed by atoms with Crippen LogP contribution >= 0.6 is 7.92 Å². The van der Waals surface area contributed by atoms with Crippen LogP contribution in [-0.4, -0.2) is 7.11 Å². The van der Waals surface area contributed by atoms with Crippen LogP contribution in [0, 0.1) is 6.92 Å². The first kappa shape index (κ1) is 24.5. The highest BCUT2D eigenvalue weighted by Crippen LogP contribution is 2.47. The van der Waals surface area contributed by atoms with E-state index < -0.39 is 7.92 Å². The van der Waals surface area contributed by atoms with E-state index in [9.17, 15) is 0 Å². The molecular weight excluding hydrogens is 481 g/mol. The minimum absolute atomic E-state index is 0.198. The van der Waals surface area contributed by atoms with Crippen molar-refractivity contribution in [3.63, 3.8) is 0 Å². The Kier molecular flexibility index (Phi) is 6.99. The van der Waals surface area contributed by atoms with Gasteiger partial charge in [0.15, 0.2) is 0 Å². The number of anilines is 1. The standard InChI is InChI=1S/C35H32NOP/c1-25-16-18-26(19-17-25)32-24-33(27-20-22-28(37-2)23-21-27)36-35-31(32)14-9-15-34(35)38(29-10-5-3-6-11-29)30-12-7-4-8-13-30/h3-23,32-33,36H,24H2,1-2H3/t32-,33+/m1/s1. The average molecular weight is 514 g/mol. The summed E-state index contributed by atoms with van der Waals surface area (Å²) in [5.41, 5.74) is 6.62. The van der Waals surface area contributed by atoms with Crippen LogP contribution in [0.3, 0.4) is 0 Å². The van der Waals surface area contributed by atoms with Gasteiger partial charge in [0.25, 0.3) is 0 Å². The van der Waals surface area contributed by atoms with Gasteiger partial charge in [-0.1, -0.05) is 121 Å². The molecule has 0 saturated carbocycles. The van der Waals surface area contributed by atoms with Gasteiger partial charge in [-0.15, -0.1) is 0 Å². The molecule has 188 valence electrons. The summed E-state index contributed by atoms with van der Waals surface area (Å²) in [4.78, 5) is 0. The van der Waals surface area contributed by atoms with Gasteiger partial charge < -0.3 is 10.1 Å². The van der Waals surface area contributed by atoms with Crippen LogP contribution in [0.5, 0.6) is 5.75 Å². The van der Waals surface area contributed by atoms with Crippen LogP contribution in [0.1, 0.15) is 40.6 Å². The van der Waals surface area contributed by atoms with E-state index in [1.165, 1.54) is 43.9 Å². The highest BCUT2D eigenvalue weighted by molar-refractivity contribution is 7.80. The molecule has 0 spiro atoms. The summed E-state index contributed by atoms with van der Waals surface area (Å²) in [6.07, 6.45) is 1.00. The molecule has 1 aliphatic rings. The van der Waals surface area contributed by atoms with Gasteiger partial charge in [0, 0.05) is 16.9 Å². The fraction of sp³-hybridized carbons (Fsp3) is 0.143. The number of hydrogen-bond acceptors (Lipinski definition) is 2. The summed E-state index contributed by atoms with van der Waals surface area (Å²) in [6.45, 7) is 2.16. The maximum absolute atomic E-state index is 5.45. The molecule has 0 radical (unpaired) electrons. The molecule has 5 aromatic rings. The summed E-state index contributed by atoms with van der Waals surface area (Å²) in [5.74, 6) is 1.19. The van der Waals surface area contributed by atoms with E-state index in [2.05, 4.69) is 140 Å². The van der Waals surface area contributed by atoms with Crippen molar-refractivity contribution in [2.45, 2.75) is 25.3 Å². The number of rotatable bonds is 6. The predicted octanol–water partition coefficient (Wildman–Crippen LogP) is 7.45. The van der Waals surface area contributed by atoms with Crippen molar-refractivity contribution in [2.75, 3.05) is 12.4 Å². The van der Waals surface area contributed by atoms with E-state index in [0.29, 0.717) is 5.92 Å². The van der Waals surface area contributed by atoms with Gasteiger partial charge in [0.1, 0.15) is 5.75 Å². The van der Waals surface area contributed by atoms with Gasteiger partial charge >= 0.3 is 0 Å². The van der Waals surface area contributed by atoms with Crippen molar-refractivity contribution in [3.05, 3.63) is 150 Å². The Morgan fingerprint density at radius 1 is 0.658 bits per heavy atom. The van der Waals surface area contributed by atoms with E-state index in [4.69, 9.17) is 4.74 Å². The average Bonchev–Trinajstić information content (AvgIpc) is 2.98. The summed E-state index contributed by atoms with van der Waals surface area (Å²) in [6, 6.07) is 46.7. The summed E-state index contributed by atoms with van der Waals surface area (Å²) >= 11 is 0. The number of benzene rings is 5. The third kappa shape index (κ3) is 4.85. The van der Waals surface area contributed by atoms with Crippen molar-refractivity contribution < 1.29 is 4.74 Å². The summed E-state index contributed by atoms with van der Waals surface area (Å²) in [5, 5.41) is 8.13. The highest BCUT2D eigenvalue weighted by Gasteiger charge is 2.32. The van der Waals surface area contributed by atoms with Crippen molar-refractivity contribution in [1.82, 2.24) is 0 Å². The normalized spacial score (nSPS) is 16.5. The van der Waals surface area contributed by atoms with Crippen LogP contribution in [-0.2, 0) is 0 Å². The van der Waals surface area contributed by atoms with Gasteiger partial charge in [-0.3, -0.25) is 0 Å². The Bertz CT molecular complexity index is 1460. The van der Waals surface area contributed by atoms with Gasteiger partial charge in [-0.25, -0.2) is 0 Å². The van der Waals surface area contributed by atoms with Gasteiger partial charge in [0.05, 0.1) is 13.2 Å². The topological polar surface area (TPSA) is 21.3 Å². The van der Waals surface area contributed by atoms with Crippen LogP contribution in [0.4, 0.5) is 5.69 Å². The van der Waals surface area contributed by atoms with E-state index in [1.54, 1.807) is 7.11 Å². The Labute approximate surface area is 227 Å². The molecule has 0 fully saturated rings. The Morgan fingerprint density at radius 3 is 1.87 bits per heavy atom. The highest BCUT2D eigenvalue weighted by atomic mass is 31.1. The number of nitrogens with one attached hydrogen (secondary N) is 1. The zero-order valence-electron chi connectivity index (χ0n) is 21.8. The van der Waals surface area contributed by atoms with Gasteiger partial charge in [-0.05, 0) is 60.7 Å². The smallest absolute Gasteiger partial charge is 0.118 e. The number of hydrogen-bond donors (Lipinski definition) is 1. The largest absolute Gasteiger partial charge is 0.497 e. The molecule has 5 aromatic carbocycles. The number of aryl methyl sites for hydroxylation is 1. The van der Waals surface area contributed by atoms with E-state index >= 15 is 0 Å². The van der Waals surface area contributed by atoms with Crippen molar-refractivity contribution in [3.8, 4) is 5.75 Å². The van der Waals surface area contributed by atoms with Crippen LogP contribution in [0.15, 0.2) is 127 Å². The monoisotopic (exact) mass is 513 g/mol. The maximum atomic E-state index is 5.45. The maximum Gasteiger partial charge on any atom is 0.118 e. The molecule has 0 aromatic heterocycles.